The lowest BCUT2D eigenvalue weighted by Gasteiger charge is -2.35. The van der Waals surface area contributed by atoms with E-state index in [0.29, 0.717) is 63.8 Å². The van der Waals surface area contributed by atoms with Crippen molar-refractivity contribution >= 4 is 11.9 Å². The molecule has 5 rings (SSSR count). The van der Waals surface area contributed by atoms with Crippen molar-refractivity contribution in [3.05, 3.63) is 60.0 Å². The van der Waals surface area contributed by atoms with Crippen molar-refractivity contribution in [2.24, 2.45) is 0 Å². The number of anilines is 1. The van der Waals surface area contributed by atoms with Gasteiger partial charge in [-0.1, -0.05) is 30.3 Å². The molecule has 1 aromatic carbocycles. The monoisotopic (exact) mass is 613 g/mol. The summed E-state index contributed by atoms with van der Waals surface area (Å²) in [5.74, 6) is -2.77. The molecule has 0 atom stereocenters. The Balaban J connectivity index is 1.25. The van der Waals surface area contributed by atoms with E-state index in [2.05, 4.69) is 19.9 Å². The highest BCUT2D eigenvalue weighted by Gasteiger charge is 2.35. The minimum atomic E-state index is -3.19. The Hall–Kier alpha value is -4.15. The van der Waals surface area contributed by atoms with E-state index in [1.807, 2.05) is 30.3 Å². The molecule has 15 heteroatoms. The molecule has 1 amide bonds. The number of hydrogen-bond donors (Lipinski definition) is 3. The second-order valence-electron chi connectivity index (χ2n) is 10.3. The minimum Gasteiger partial charge on any atom is -0.474 e. The minimum absolute atomic E-state index is 0.0502. The Kier molecular flexibility index (Phi) is 10.3. The van der Waals surface area contributed by atoms with Crippen LogP contribution in [0.2, 0.25) is 0 Å². The number of carbonyl (C=O) groups is 1. The van der Waals surface area contributed by atoms with Crippen molar-refractivity contribution in [3.63, 3.8) is 0 Å². The van der Waals surface area contributed by atoms with Crippen LogP contribution in [0.4, 0.5) is 10.6 Å². The van der Waals surface area contributed by atoms with Crippen molar-refractivity contribution in [2.45, 2.75) is 56.5 Å². The summed E-state index contributed by atoms with van der Waals surface area (Å²) in [6.07, 6.45) is 4.94. The van der Waals surface area contributed by atoms with Gasteiger partial charge < -0.3 is 43.7 Å². The predicted octanol–water partition coefficient (Wildman–Crippen LogP) is 1.69. The largest absolute Gasteiger partial charge is 0.474 e. The number of amides is 1. The first-order valence-corrected chi connectivity index (χ1v) is 14.2. The summed E-state index contributed by atoms with van der Waals surface area (Å²) >= 11 is 0. The Bertz CT molecular complexity index is 1350. The molecule has 0 spiro atoms. The highest BCUT2D eigenvalue weighted by Crippen LogP contribution is 2.32. The number of aromatic nitrogens is 4. The Morgan fingerprint density at radius 1 is 0.955 bits per heavy atom. The van der Waals surface area contributed by atoms with E-state index in [9.17, 15) is 20.1 Å². The van der Waals surface area contributed by atoms with Gasteiger partial charge in [0.25, 0.3) is 0 Å². The van der Waals surface area contributed by atoms with Crippen molar-refractivity contribution in [1.82, 2.24) is 19.9 Å². The van der Waals surface area contributed by atoms with Crippen LogP contribution in [0.25, 0.3) is 0 Å². The van der Waals surface area contributed by atoms with Crippen LogP contribution in [0.15, 0.2) is 48.9 Å². The average Bonchev–Trinajstić information content (AvgIpc) is 3.00. The number of methoxy groups -OCH3 is 1. The first-order chi connectivity index (χ1) is 21.3. The van der Waals surface area contributed by atoms with E-state index in [1.54, 1.807) is 7.11 Å². The highest BCUT2D eigenvalue weighted by atomic mass is 16.7. The SMILES string of the molecule is COCCOc1cnc(N(C(=O)OCc2ccccc2)C2CCC(Oc3ncc(C(O)(O)O)c(OC4COC4)n3)CC2)cn1. The summed E-state index contributed by atoms with van der Waals surface area (Å²) in [6, 6.07) is 9.07. The molecule has 0 radical (unpaired) electrons. The predicted molar refractivity (Wildman–Crippen MR) is 151 cm³/mol. The molecule has 3 N–H and O–H groups in total. The van der Waals surface area contributed by atoms with Gasteiger partial charge in [-0.2, -0.15) is 4.98 Å². The van der Waals surface area contributed by atoms with Crippen LogP contribution in [0.3, 0.4) is 0 Å². The molecule has 2 aromatic heterocycles. The van der Waals surface area contributed by atoms with Gasteiger partial charge in [0, 0.05) is 19.3 Å². The van der Waals surface area contributed by atoms with Gasteiger partial charge in [-0.05, 0) is 31.2 Å². The fourth-order valence-corrected chi connectivity index (χ4v) is 4.69. The standard InChI is InChI=1S/C29H35N5O10/c1-39-11-12-41-25-15-30-24(14-31-25)34(28(35)42-16-19-5-3-2-4-6-19)20-7-9-21(10-8-20)44-27-32-13-23(29(36,37)38)26(33-27)43-22-17-40-18-22/h2-6,13-15,20-22,36-38H,7-12,16-18H2,1H3. The van der Waals surface area contributed by atoms with Gasteiger partial charge in [0.05, 0.1) is 32.2 Å². The second kappa shape index (κ2) is 14.5. The molecular formula is C29H35N5O10. The molecule has 1 aliphatic carbocycles. The van der Waals surface area contributed by atoms with Gasteiger partial charge >= 0.3 is 18.1 Å². The molecule has 3 heterocycles. The fourth-order valence-electron chi connectivity index (χ4n) is 4.69. The molecule has 1 saturated heterocycles. The molecule has 2 aliphatic rings. The second-order valence-corrected chi connectivity index (χ2v) is 10.3. The summed E-state index contributed by atoms with van der Waals surface area (Å²) in [5.41, 5.74) is 0.437. The van der Waals surface area contributed by atoms with Crippen LogP contribution in [0.5, 0.6) is 17.8 Å². The third-order valence-corrected chi connectivity index (χ3v) is 7.06. The van der Waals surface area contributed by atoms with Gasteiger partial charge in [0.2, 0.25) is 11.8 Å². The summed E-state index contributed by atoms with van der Waals surface area (Å²) in [7, 11) is 1.57. The third-order valence-electron chi connectivity index (χ3n) is 7.06. The fraction of sp³-hybridized carbons (Fsp3) is 0.483. The average molecular weight is 614 g/mol. The molecule has 236 valence electrons. The zero-order valence-electron chi connectivity index (χ0n) is 24.2. The molecular weight excluding hydrogens is 578 g/mol. The van der Waals surface area contributed by atoms with Crippen molar-refractivity contribution in [3.8, 4) is 17.8 Å². The van der Waals surface area contributed by atoms with Crippen molar-refractivity contribution in [1.29, 1.82) is 0 Å². The quantitative estimate of drug-likeness (QED) is 0.187. The molecule has 0 bridgehead atoms. The molecule has 15 nitrogen and oxygen atoms in total. The van der Waals surface area contributed by atoms with Crippen LogP contribution in [-0.4, -0.2) is 93.1 Å². The van der Waals surface area contributed by atoms with Gasteiger partial charge in [-0.15, -0.1) is 0 Å². The number of hydrogen-bond acceptors (Lipinski definition) is 14. The number of nitrogens with zero attached hydrogens (tertiary/aromatic N) is 5. The summed E-state index contributed by atoms with van der Waals surface area (Å²) in [6.45, 7) is 1.42. The Morgan fingerprint density at radius 2 is 1.73 bits per heavy atom. The Labute approximate surface area is 253 Å². The molecule has 3 aromatic rings. The lowest BCUT2D eigenvalue weighted by molar-refractivity contribution is -0.325. The molecule has 1 saturated carbocycles. The van der Waals surface area contributed by atoms with Gasteiger partial charge in [-0.25, -0.2) is 19.7 Å². The van der Waals surface area contributed by atoms with Crippen LogP contribution >= 0.6 is 0 Å². The maximum absolute atomic E-state index is 13.4. The van der Waals surface area contributed by atoms with E-state index in [0.717, 1.165) is 11.8 Å². The van der Waals surface area contributed by atoms with Crippen molar-refractivity contribution in [2.75, 3.05) is 38.4 Å². The molecule has 44 heavy (non-hydrogen) atoms. The van der Waals surface area contributed by atoms with Gasteiger partial charge in [-0.3, -0.25) is 4.90 Å². The van der Waals surface area contributed by atoms with Crippen LogP contribution < -0.4 is 19.1 Å². The lowest BCUT2D eigenvalue weighted by Crippen LogP contribution is -2.44. The number of rotatable bonds is 13. The van der Waals surface area contributed by atoms with E-state index in [1.165, 1.54) is 17.3 Å². The van der Waals surface area contributed by atoms with E-state index < -0.39 is 17.6 Å². The third kappa shape index (κ3) is 8.27. The van der Waals surface area contributed by atoms with Crippen molar-refractivity contribution < 1.29 is 48.5 Å². The smallest absolute Gasteiger partial charge is 0.416 e. The first-order valence-electron chi connectivity index (χ1n) is 14.2. The summed E-state index contributed by atoms with van der Waals surface area (Å²) < 4.78 is 32.9. The molecule has 0 unspecified atom stereocenters. The van der Waals surface area contributed by atoms with Crippen LogP contribution in [-0.2, 0) is 26.8 Å². The molecule has 2 fully saturated rings. The molecule has 1 aliphatic heterocycles. The normalized spacial score (nSPS) is 18.6. The van der Waals surface area contributed by atoms with E-state index in [-0.39, 0.29) is 36.7 Å². The van der Waals surface area contributed by atoms with E-state index >= 15 is 0 Å². The zero-order chi connectivity index (χ0) is 30.9. The zero-order valence-corrected chi connectivity index (χ0v) is 24.2. The number of ether oxygens (including phenoxy) is 6. The van der Waals surface area contributed by atoms with E-state index in [4.69, 9.17) is 28.4 Å². The van der Waals surface area contributed by atoms with Crippen LogP contribution in [0.1, 0.15) is 36.8 Å². The lowest BCUT2D eigenvalue weighted by atomic mass is 9.92. The first kappa shape index (κ1) is 31.3. The number of carbonyl (C=O) groups excluding carboxylic acids is 1. The topological polar surface area (TPSA) is 188 Å². The Morgan fingerprint density at radius 3 is 2.36 bits per heavy atom. The maximum atomic E-state index is 13.4. The van der Waals surface area contributed by atoms with Gasteiger partial charge in [0.1, 0.15) is 31.0 Å². The highest BCUT2D eigenvalue weighted by molar-refractivity contribution is 5.87. The van der Waals surface area contributed by atoms with Crippen LogP contribution in [0, 0.1) is 0 Å². The maximum Gasteiger partial charge on any atom is 0.416 e. The summed E-state index contributed by atoms with van der Waals surface area (Å²) in [5, 5.41) is 29.1. The number of benzene rings is 1. The van der Waals surface area contributed by atoms with Gasteiger partial charge in [0.15, 0.2) is 5.82 Å². The summed E-state index contributed by atoms with van der Waals surface area (Å²) in [4.78, 5) is 31.8. The number of aliphatic hydroxyl groups is 3.